The molecule has 0 spiro atoms. The molecular formula is C17H32IN. The van der Waals surface area contributed by atoms with Crippen molar-refractivity contribution in [3.63, 3.8) is 0 Å². The molecule has 1 saturated carbocycles. The summed E-state index contributed by atoms with van der Waals surface area (Å²) < 4.78 is 0.714. The van der Waals surface area contributed by atoms with Crippen LogP contribution in [0.15, 0.2) is 0 Å². The molecular weight excluding hydrogens is 345 g/mol. The van der Waals surface area contributed by atoms with Gasteiger partial charge in [-0.05, 0) is 50.0 Å². The van der Waals surface area contributed by atoms with Gasteiger partial charge in [-0.25, -0.2) is 0 Å². The summed E-state index contributed by atoms with van der Waals surface area (Å²) >= 11 is 2.60. The molecule has 0 bridgehead atoms. The molecule has 0 amide bonds. The highest BCUT2D eigenvalue weighted by Crippen LogP contribution is 2.38. The van der Waals surface area contributed by atoms with E-state index in [0.717, 1.165) is 17.8 Å². The van der Waals surface area contributed by atoms with E-state index in [0.29, 0.717) is 4.05 Å². The van der Waals surface area contributed by atoms with E-state index in [1.807, 2.05) is 0 Å². The zero-order valence-corrected chi connectivity index (χ0v) is 14.8. The minimum atomic E-state index is 0.714. The van der Waals surface area contributed by atoms with Gasteiger partial charge in [-0.2, -0.15) is 0 Å². The van der Waals surface area contributed by atoms with Crippen molar-refractivity contribution in [3.8, 4) is 0 Å². The number of nitrogens with one attached hydrogen (secondary N) is 1. The lowest BCUT2D eigenvalue weighted by atomic mass is 9.78. The molecule has 1 aliphatic heterocycles. The summed E-state index contributed by atoms with van der Waals surface area (Å²) in [5.41, 5.74) is 0. The second-order valence-electron chi connectivity index (χ2n) is 6.81. The van der Waals surface area contributed by atoms with Crippen molar-refractivity contribution in [3.05, 3.63) is 0 Å². The van der Waals surface area contributed by atoms with Gasteiger partial charge in [0.15, 0.2) is 0 Å². The van der Waals surface area contributed by atoms with Crippen molar-refractivity contribution < 1.29 is 0 Å². The van der Waals surface area contributed by atoms with Gasteiger partial charge in [-0.1, -0.05) is 74.5 Å². The van der Waals surface area contributed by atoms with Gasteiger partial charge in [0.2, 0.25) is 0 Å². The van der Waals surface area contributed by atoms with Crippen molar-refractivity contribution in [2.24, 2.45) is 17.8 Å². The predicted molar refractivity (Wildman–Crippen MR) is 92.7 cm³/mol. The van der Waals surface area contributed by atoms with Crippen LogP contribution in [-0.4, -0.2) is 10.6 Å². The Labute approximate surface area is 133 Å². The molecule has 0 aromatic heterocycles. The fraction of sp³-hybridized carbons (Fsp3) is 1.00. The third kappa shape index (κ3) is 5.53. The Morgan fingerprint density at radius 1 is 0.895 bits per heavy atom. The van der Waals surface area contributed by atoms with E-state index >= 15 is 0 Å². The van der Waals surface area contributed by atoms with E-state index in [-0.39, 0.29) is 0 Å². The van der Waals surface area contributed by atoms with Crippen LogP contribution in [0, 0.1) is 17.8 Å². The SMILES string of the molecule is CCC1CCCCC(C2CCCCNC(I)CC2)C1. The summed E-state index contributed by atoms with van der Waals surface area (Å²) in [7, 11) is 0. The van der Waals surface area contributed by atoms with E-state index in [1.165, 1.54) is 70.8 Å². The normalized spacial score (nSPS) is 38.8. The zero-order valence-electron chi connectivity index (χ0n) is 12.7. The minimum absolute atomic E-state index is 0.714. The second-order valence-corrected chi connectivity index (χ2v) is 8.31. The standard InChI is InChI=1S/C17H32IN/c1-2-14-7-3-4-9-16(13-14)15-8-5-6-12-19-17(18)11-10-15/h14-17,19H,2-13H2,1H3. The Kier molecular flexibility index (Phi) is 7.49. The maximum Gasteiger partial charge on any atom is 0.0593 e. The summed E-state index contributed by atoms with van der Waals surface area (Å²) in [5.74, 6) is 3.12. The number of halogens is 1. The first-order chi connectivity index (χ1) is 9.29. The van der Waals surface area contributed by atoms with E-state index in [1.54, 1.807) is 6.42 Å². The Morgan fingerprint density at radius 2 is 1.63 bits per heavy atom. The summed E-state index contributed by atoms with van der Waals surface area (Å²) in [6.45, 7) is 3.64. The average molecular weight is 377 g/mol. The number of alkyl halides is 1. The van der Waals surface area contributed by atoms with Gasteiger partial charge in [0.05, 0.1) is 4.05 Å². The molecule has 1 saturated heterocycles. The molecule has 4 atom stereocenters. The topological polar surface area (TPSA) is 12.0 Å². The van der Waals surface area contributed by atoms with Crippen molar-refractivity contribution in [1.82, 2.24) is 5.32 Å². The number of hydrogen-bond donors (Lipinski definition) is 1. The molecule has 0 aromatic carbocycles. The lowest BCUT2D eigenvalue weighted by Crippen LogP contribution is -2.24. The molecule has 2 aliphatic rings. The van der Waals surface area contributed by atoms with Gasteiger partial charge < -0.3 is 5.32 Å². The Hall–Kier alpha value is 0.690. The van der Waals surface area contributed by atoms with Crippen LogP contribution in [0.2, 0.25) is 0 Å². The summed E-state index contributed by atoms with van der Waals surface area (Å²) in [6.07, 6.45) is 16.2. The lowest BCUT2D eigenvalue weighted by Gasteiger charge is -2.28. The highest BCUT2D eigenvalue weighted by Gasteiger charge is 2.26. The maximum atomic E-state index is 3.67. The molecule has 2 heteroatoms. The van der Waals surface area contributed by atoms with Gasteiger partial charge in [0.25, 0.3) is 0 Å². The van der Waals surface area contributed by atoms with E-state index < -0.39 is 0 Å². The minimum Gasteiger partial charge on any atom is -0.305 e. The molecule has 0 radical (unpaired) electrons. The van der Waals surface area contributed by atoms with Crippen molar-refractivity contribution >= 4 is 22.6 Å². The van der Waals surface area contributed by atoms with Crippen molar-refractivity contribution in [2.75, 3.05) is 6.54 Å². The molecule has 1 aliphatic carbocycles. The van der Waals surface area contributed by atoms with Crippen LogP contribution in [-0.2, 0) is 0 Å². The highest BCUT2D eigenvalue weighted by atomic mass is 127. The molecule has 1 heterocycles. The van der Waals surface area contributed by atoms with Crippen LogP contribution in [0.3, 0.4) is 0 Å². The van der Waals surface area contributed by atoms with Crippen LogP contribution >= 0.6 is 22.6 Å². The summed E-state index contributed by atoms with van der Waals surface area (Å²) in [6, 6.07) is 0. The smallest absolute Gasteiger partial charge is 0.0593 e. The number of rotatable bonds is 2. The van der Waals surface area contributed by atoms with Gasteiger partial charge in [-0.15, -0.1) is 0 Å². The molecule has 4 unspecified atom stereocenters. The summed E-state index contributed by atoms with van der Waals surface area (Å²) in [4.78, 5) is 0. The first-order valence-electron chi connectivity index (χ1n) is 8.67. The van der Waals surface area contributed by atoms with Gasteiger partial charge in [0, 0.05) is 0 Å². The Bertz CT molecular complexity index is 243. The van der Waals surface area contributed by atoms with E-state index in [4.69, 9.17) is 0 Å². The van der Waals surface area contributed by atoms with Gasteiger partial charge >= 0.3 is 0 Å². The van der Waals surface area contributed by atoms with Crippen LogP contribution in [0.25, 0.3) is 0 Å². The average Bonchev–Trinajstić information content (AvgIpc) is 2.60. The van der Waals surface area contributed by atoms with Crippen molar-refractivity contribution in [1.29, 1.82) is 0 Å². The van der Waals surface area contributed by atoms with Crippen LogP contribution < -0.4 is 5.32 Å². The number of hydrogen-bond acceptors (Lipinski definition) is 1. The van der Waals surface area contributed by atoms with Gasteiger partial charge in [-0.3, -0.25) is 0 Å². The van der Waals surface area contributed by atoms with Crippen LogP contribution in [0.1, 0.15) is 77.6 Å². The quantitative estimate of drug-likeness (QED) is 0.289. The van der Waals surface area contributed by atoms with Crippen LogP contribution in [0.5, 0.6) is 0 Å². The second kappa shape index (κ2) is 8.86. The van der Waals surface area contributed by atoms with E-state index in [2.05, 4.69) is 34.8 Å². The molecule has 19 heavy (non-hydrogen) atoms. The van der Waals surface area contributed by atoms with E-state index in [9.17, 15) is 0 Å². The zero-order chi connectivity index (χ0) is 13.5. The van der Waals surface area contributed by atoms with Gasteiger partial charge in [0.1, 0.15) is 0 Å². The molecule has 2 rings (SSSR count). The third-order valence-electron chi connectivity index (χ3n) is 5.48. The Morgan fingerprint density at radius 3 is 2.47 bits per heavy atom. The van der Waals surface area contributed by atoms with Crippen molar-refractivity contribution in [2.45, 2.75) is 81.6 Å². The molecule has 1 nitrogen and oxygen atoms in total. The molecule has 0 aromatic rings. The first kappa shape index (κ1) is 16.1. The molecule has 1 N–H and O–H groups in total. The highest BCUT2D eigenvalue weighted by molar-refractivity contribution is 14.1. The summed E-state index contributed by atoms with van der Waals surface area (Å²) in [5, 5.41) is 3.67. The predicted octanol–water partition coefficient (Wildman–Crippen LogP) is 5.52. The third-order valence-corrected chi connectivity index (χ3v) is 6.54. The Balaban J connectivity index is 1.91. The monoisotopic (exact) mass is 377 g/mol. The molecule has 2 fully saturated rings. The maximum absolute atomic E-state index is 3.67. The molecule has 112 valence electrons. The fourth-order valence-corrected chi connectivity index (χ4v) is 4.84. The fourth-order valence-electron chi connectivity index (χ4n) is 4.17. The first-order valence-corrected chi connectivity index (χ1v) is 9.91. The lowest BCUT2D eigenvalue weighted by molar-refractivity contribution is 0.232. The largest absolute Gasteiger partial charge is 0.305 e. The van der Waals surface area contributed by atoms with Crippen LogP contribution in [0.4, 0.5) is 0 Å².